The summed E-state index contributed by atoms with van der Waals surface area (Å²) in [5, 5.41) is 5.74. The van der Waals surface area contributed by atoms with Crippen molar-refractivity contribution < 1.29 is 14.3 Å². The molecule has 0 saturated carbocycles. The van der Waals surface area contributed by atoms with Gasteiger partial charge in [0.25, 0.3) is 0 Å². The molecule has 0 aliphatic rings. The number of ether oxygens (including phenoxy) is 1. The predicted octanol–water partition coefficient (Wildman–Crippen LogP) is 3.54. The Morgan fingerprint density at radius 1 is 0.963 bits per heavy atom. The Morgan fingerprint density at radius 2 is 1.56 bits per heavy atom. The van der Waals surface area contributed by atoms with Gasteiger partial charge in [-0.2, -0.15) is 0 Å². The largest absolute Gasteiger partial charge is 0.374 e. The first-order valence-corrected chi connectivity index (χ1v) is 9.31. The molecular formula is C22H28N2O3. The number of amides is 2. The number of nitrogens with one attached hydrogen (secondary N) is 2. The SMILES string of the molecule is CC(=O)NC(CC(=O)NCCCOC(C)c1ccccc1)c1ccccc1. The van der Waals surface area contributed by atoms with E-state index in [1.54, 1.807) is 0 Å². The summed E-state index contributed by atoms with van der Waals surface area (Å²) in [6, 6.07) is 19.2. The van der Waals surface area contributed by atoms with Crippen molar-refractivity contribution in [1.82, 2.24) is 10.6 Å². The van der Waals surface area contributed by atoms with Gasteiger partial charge in [-0.1, -0.05) is 60.7 Å². The molecule has 0 aromatic heterocycles. The molecule has 0 bridgehead atoms. The molecule has 2 N–H and O–H groups in total. The van der Waals surface area contributed by atoms with Gasteiger partial charge in [-0.25, -0.2) is 0 Å². The zero-order valence-electron chi connectivity index (χ0n) is 16.0. The smallest absolute Gasteiger partial charge is 0.222 e. The molecule has 0 aliphatic heterocycles. The summed E-state index contributed by atoms with van der Waals surface area (Å²) in [5.41, 5.74) is 2.06. The zero-order valence-corrected chi connectivity index (χ0v) is 16.0. The Bertz CT molecular complexity index is 704. The molecule has 0 fully saturated rings. The number of carbonyl (C=O) groups excluding carboxylic acids is 2. The molecule has 0 heterocycles. The van der Waals surface area contributed by atoms with Crippen LogP contribution in [-0.4, -0.2) is 25.0 Å². The van der Waals surface area contributed by atoms with E-state index in [2.05, 4.69) is 10.6 Å². The van der Waals surface area contributed by atoms with E-state index in [9.17, 15) is 9.59 Å². The normalized spacial score (nSPS) is 12.8. The summed E-state index contributed by atoms with van der Waals surface area (Å²) < 4.78 is 5.80. The fourth-order valence-corrected chi connectivity index (χ4v) is 2.82. The Kier molecular flexibility index (Phi) is 8.52. The molecule has 27 heavy (non-hydrogen) atoms. The van der Waals surface area contributed by atoms with Gasteiger partial charge in [-0.3, -0.25) is 9.59 Å². The molecule has 0 radical (unpaired) electrons. The van der Waals surface area contributed by atoms with E-state index >= 15 is 0 Å². The predicted molar refractivity (Wildman–Crippen MR) is 106 cm³/mol. The van der Waals surface area contributed by atoms with Gasteiger partial charge in [-0.05, 0) is 24.5 Å². The quantitative estimate of drug-likeness (QED) is 0.631. The molecule has 0 spiro atoms. The van der Waals surface area contributed by atoms with Crippen LogP contribution in [0.25, 0.3) is 0 Å². The molecule has 144 valence electrons. The fourth-order valence-electron chi connectivity index (χ4n) is 2.82. The summed E-state index contributed by atoms with van der Waals surface area (Å²) >= 11 is 0. The van der Waals surface area contributed by atoms with Gasteiger partial charge >= 0.3 is 0 Å². The van der Waals surface area contributed by atoms with Crippen molar-refractivity contribution in [3.63, 3.8) is 0 Å². The maximum atomic E-state index is 12.2. The third kappa shape index (κ3) is 7.62. The van der Waals surface area contributed by atoms with E-state index in [1.165, 1.54) is 6.92 Å². The summed E-state index contributed by atoms with van der Waals surface area (Å²) in [7, 11) is 0. The monoisotopic (exact) mass is 368 g/mol. The van der Waals surface area contributed by atoms with Gasteiger partial charge in [-0.15, -0.1) is 0 Å². The standard InChI is InChI=1S/C22H28N2O3/c1-17(19-10-5-3-6-11-19)27-15-9-14-23-22(26)16-21(24-18(2)25)20-12-7-4-8-13-20/h3-8,10-13,17,21H,9,14-16H2,1-2H3,(H,23,26)(H,24,25). The lowest BCUT2D eigenvalue weighted by Gasteiger charge is -2.18. The Labute approximate surface area is 161 Å². The Hall–Kier alpha value is -2.66. The Balaban J connectivity index is 1.70. The van der Waals surface area contributed by atoms with Crippen molar-refractivity contribution in [1.29, 1.82) is 0 Å². The van der Waals surface area contributed by atoms with Crippen molar-refractivity contribution in [3.8, 4) is 0 Å². The lowest BCUT2D eigenvalue weighted by Crippen LogP contribution is -2.33. The van der Waals surface area contributed by atoms with Crippen LogP contribution in [0.3, 0.4) is 0 Å². The first kappa shape index (κ1) is 20.6. The van der Waals surface area contributed by atoms with Gasteiger partial charge in [0, 0.05) is 20.1 Å². The highest BCUT2D eigenvalue weighted by Gasteiger charge is 2.16. The lowest BCUT2D eigenvalue weighted by molar-refractivity contribution is -0.122. The fraction of sp³-hybridized carbons (Fsp3) is 0.364. The van der Waals surface area contributed by atoms with Crippen LogP contribution in [0.15, 0.2) is 60.7 Å². The first-order chi connectivity index (χ1) is 13.1. The molecule has 2 aromatic carbocycles. The number of benzene rings is 2. The van der Waals surface area contributed by atoms with Crippen LogP contribution in [0.1, 0.15) is 50.0 Å². The van der Waals surface area contributed by atoms with Crippen LogP contribution >= 0.6 is 0 Å². The number of hydrogen-bond donors (Lipinski definition) is 2. The van der Waals surface area contributed by atoms with Crippen LogP contribution in [0, 0.1) is 0 Å². The number of rotatable bonds is 10. The van der Waals surface area contributed by atoms with Crippen LogP contribution in [0.5, 0.6) is 0 Å². The molecule has 0 aliphatic carbocycles. The second-order valence-electron chi connectivity index (χ2n) is 6.50. The van der Waals surface area contributed by atoms with Gasteiger partial charge in [0.05, 0.1) is 18.6 Å². The highest BCUT2D eigenvalue weighted by molar-refractivity contribution is 5.79. The molecular weight excluding hydrogens is 340 g/mol. The van der Waals surface area contributed by atoms with E-state index in [0.29, 0.717) is 13.2 Å². The molecule has 0 saturated heterocycles. The third-order valence-electron chi connectivity index (χ3n) is 4.25. The molecule has 2 amide bonds. The van der Waals surface area contributed by atoms with E-state index in [4.69, 9.17) is 4.74 Å². The van der Waals surface area contributed by atoms with E-state index in [-0.39, 0.29) is 30.4 Å². The van der Waals surface area contributed by atoms with Crippen LogP contribution in [0.4, 0.5) is 0 Å². The minimum Gasteiger partial charge on any atom is -0.374 e. The van der Waals surface area contributed by atoms with Gasteiger partial charge < -0.3 is 15.4 Å². The van der Waals surface area contributed by atoms with Crippen molar-refractivity contribution in [2.24, 2.45) is 0 Å². The van der Waals surface area contributed by atoms with Gasteiger partial charge in [0.1, 0.15) is 0 Å². The van der Waals surface area contributed by atoms with Gasteiger partial charge in [0.15, 0.2) is 0 Å². The van der Waals surface area contributed by atoms with Crippen molar-refractivity contribution in [2.45, 2.75) is 38.8 Å². The van der Waals surface area contributed by atoms with Crippen molar-refractivity contribution >= 4 is 11.8 Å². The average Bonchev–Trinajstić information content (AvgIpc) is 2.68. The summed E-state index contributed by atoms with van der Waals surface area (Å²) in [4.78, 5) is 23.7. The molecule has 5 heteroatoms. The van der Waals surface area contributed by atoms with Crippen LogP contribution in [0.2, 0.25) is 0 Å². The van der Waals surface area contributed by atoms with Crippen LogP contribution < -0.4 is 10.6 Å². The van der Waals surface area contributed by atoms with E-state index in [1.807, 2.05) is 67.6 Å². The molecule has 2 atom stereocenters. The van der Waals surface area contributed by atoms with Crippen LogP contribution in [-0.2, 0) is 14.3 Å². The van der Waals surface area contributed by atoms with Crippen molar-refractivity contribution in [2.75, 3.05) is 13.2 Å². The lowest BCUT2D eigenvalue weighted by atomic mass is 10.0. The third-order valence-corrected chi connectivity index (χ3v) is 4.25. The molecule has 2 aromatic rings. The van der Waals surface area contributed by atoms with Gasteiger partial charge in [0.2, 0.25) is 11.8 Å². The zero-order chi connectivity index (χ0) is 19.5. The molecule has 2 rings (SSSR count). The average molecular weight is 368 g/mol. The highest BCUT2D eigenvalue weighted by atomic mass is 16.5. The van der Waals surface area contributed by atoms with Crippen molar-refractivity contribution in [3.05, 3.63) is 71.8 Å². The maximum absolute atomic E-state index is 12.2. The second kappa shape index (κ2) is 11.1. The summed E-state index contributed by atoms with van der Waals surface area (Å²) in [6.07, 6.45) is 0.980. The number of hydrogen-bond acceptors (Lipinski definition) is 3. The molecule has 5 nitrogen and oxygen atoms in total. The summed E-state index contributed by atoms with van der Waals surface area (Å²) in [6.45, 7) is 4.59. The second-order valence-corrected chi connectivity index (χ2v) is 6.50. The maximum Gasteiger partial charge on any atom is 0.222 e. The van der Waals surface area contributed by atoms with E-state index < -0.39 is 0 Å². The highest BCUT2D eigenvalue weighted by Crippen LogP contribution is 2.17. The number of carbonyl (C=O) groups is 2. The minimum atomic E-state index is -0.321. The summed E-state index contributed by atoms with van der Waals surface area (Å²) in [5.74, 6) is -0.242. The minimum absolute atomic E-state index is 0.0316. The molecule has 2 unspecified atom stereocenters. The first-order valence-electron chi connectivity index (χ1n) is 9.31. The van der Waals surface area contributed by atoms with E-state index in [0.717, 1.165) is 17.5 Å². The Morgan fingerprint density at radius 3 is 2.15 bits per heavy atom. The topological polar surface area (TPSA) is 67.4 Å².